The number of benzene rings is 2. The third-order valence-corrected chi connectivity index (χ3v) is 14.6. The number of hydrogen-bond donors (Lipinski definition) is 4. The fourth-order valence-electron chi connectivity index (χ4n) is 10.6. The van der Waals surface area contributed by atoms with Crippen molar-refractivity contribution in [2.75, 3.05) is 27.2 Å². The van der Waals surface area contributed by atoms with Crippen LogP contribution in [0, 0.1) is 11.8 Å². The van der Waals surface area contributed by atoms with Crippen LogP contribution in [0.2, 0.25) is 0 Å². The third-order valence-electron chi connectivity index (χ3n) is 12.4. The molecule has 2 aromatic carbocycles. The molecule has 51 heavy (non-hydrogen) atoms. The van der Waals surface area contributed by atoms with Gasteiger partial charge in [-0.2, -0.15) is 0 Å². The van der Waals surface area contributed by atoms with Crippen LogP contribution in [0.25, 0.3) is 0 Å². The van der Waals surface area contributed by atoms with Crippen molar-refractivity contribution in [1.82, 2.24) is 9.80 Å². The minimum absolute atomic E-state index is 0. The Morgan fingerprint density at radius 3 is 1.61 bits per heavy atom. The Kier molecular flexibility index (Phi) is 15.1. The maximum absolute atomic E-state index is 10.4. The van der Waals surface area contributed by atoms with Gasteiger partial charge in [-0.1, -0.05) is 46.6 Å². The average molecular weight is 904 g/mol. The van der Waals surface area contributed by atoms with E-state index in [4.69, 9.17) is 19.8 Å². The van der Waals surface area contributed by atoms with E-state index in [-0.39, 0.29) is 14.9 Å². The first-order chi connectivity index (χ1) is 23.1. The summed E-state index contributed by atoms with van der Waals surface area (Å²) in [4.78, 5) is 23.2. The summed E-state index contributed by atoms with van der Waals surface area (Å²) in [5.74, 6) is 0.666. The zero-order chi connectivity index (χ0) is 35.8. The van der Waals surface area contributed by atoms with Crippen LogP contribution in [0.15, 0.2) is 31.6 Å². The van der Waals surface area contributed by atoms with Gasteiger partial charge in [0, 0.05) is 36.8 Å². The van der Waals surface area contributed by atoms with E-state index in [0.717, 1.165) is 51.9 Å². The normalized spacial score (nSPS) is 29.7. The Hall–Kier alpha value is -1.66. The third kappa shape index (κ3) is 8.37. The summed E-state index contributed by atoms with van der Waals surface area (Å²) in [6.07, 6.45) is 15.5. The lowest BCUT2D eigenvalue weighted by molar-refractivity contribution is -0.135. The Labute approximate surface area is 330 Å². The molecule has 2 heterocycles. The zero-order valence-corrected chi connectivity index (χ0v) is 33.8. The van der Waals surface area contributed by atoms with E-state index < -0.39 is 11.9 Å². The number of fused-ring (bicyclic) bond motifs is 2. The lowest BCUT2D eigenvalue weighted by Crippen LogP contribution is -2.59. The first kappa shape index (κ1) is 43.7. The van der Waals surface area contributed by atoms with Crippen LogP contribution in [0.1, 0.15) is 115 Å². The van der Waals surface area contributed by atoms with Crippen LogP contribution in [0.4, 0.5) is 0 Å². The number of aliphatic carboxylic acids is 2. The van der Waals surface area contributed by atoms with E-state index in [1.165, 1.54) is 99.6 Å². The quantitative estimate of drug-likeness (QED) is 0.206. The molecule has 0 spiro atoms. The molecule has 0 unspecified atom stereocenters. The molecule has 2 aliphatic heterocycles. The van der Waals surface area contributed by atoms with Crippen LogP contribution < -0.4 is 0 Å². The van der Waals surface area contributed by atoms with Crippen molar-refractivity contribution in [2.45, 2.75) is 129 Å². The molecule has 2 saturated heterocycles. The van der Waals surface area contributed by atoms with E-state index in [1.807, 2.05) is 6.07 Å². The first-order valence-electron chi connectivity index (χ1n) is 17.6. The molecule has 0 aromatic heterocycles. The minimum atomic E-state index is -0.833. The highest BCUT2D eigenvalue weighted by atomic mass is 79.9. The van der Waals surface area contributed by atoms with Crippen LogP contribution in [0.3, 0.4) is 0 Å². The lowest BCUT2D eigenvalue weighted by Gasteiger charge is -2.58. The van der Waals surface area contributed by atoms with Gasteiger partial charge in [-0.15, -0.1) is 0 Å². The number of carboxylic acids is 2. The number of phenolic OH excluding ortho intramolecular Hbond substituents is 2. The molecule has 6 atom stereocenters. The first-order valence-corrected chi connectivity index (χ1v) is 20.0. The molecule has 0 radical (unpaired) electrons. The molecule has 11 heteroatoms. The van der Waals surface area contributed by atoms with Crippen molar-refractivity contribution in [3.8, 4) is 11.5 Å². The highest BCUT2D eigenvalue weighted by Gasteiger charge is 2.55. The smallest absolute Gasteiger partial charge is 0.300 e. The number of aromatic hydroxyl groups is 2. The van der Waals surface area contributed by atoms with E-state index in [0.29, 0.717) is 34.4 Å². The molecular formula is C40H59Br3N2O6. The minimum Gasteiger partial charge on any atom is -0.507 e. The highest BCUT2D eigenvalue weighted by molar-refractivity contribution is 9.11. The number of piperidine rings is 2. The van der Waals surface area contributed by atoms with Crippen LogP contribution in [-0.2, 0) is 33.3 Å². The second kappa shape index (κ2) is 17.7. The molecule has 2 saturated carbocycles. The van der Waals surface area contributed by atoms with Crippen molar-refractivity contribution in [3.63, 3.8) is 0 Å². The number of rotatable bonds is 0. The molecule has 4 bridgehead atoms. The number of phenols is 2. The SMILES string of the molecule is C.C.CC(=O)O.CC(=O)O.CN1CC[C@@]23CCCC[C@@H]2[C@@H]1Cc1cc(Br)c(O)c(Br)c13.CN1CC[C@@]23CCCC[C@@H]2[C@@H]1Cc1ccc(O)c(Br)c13. The van der Waals surface area contributed by atoms with E-state index >= 15 is 0 Å². The molecule has 4 aliphatic carbocycles. The van der Waals surface area contributed by atoms with Crippen LogP contribution in [0.5, 0.6) is 11.5 Å². The summed E-state index contributed by atoms with van der Waals surface area (Å²) < 4.78 is 2.74. The second-order valence-corrected chi connectivity index (χ2v) is 17.5. The Balaban J connectivity index is 0.000000221. The Bertz CT molecular complexity index is 1550. The van der Waals surface area contributed by atoms with E-state index in [1.54, 1.807) is 0 Å². The summed E-state index contributed by atoms with van der Waals surface area (Å²) in [6, 6.07) is 7.56. The van der Waals surface area contributed by atoms with Gasteiger partial charge in [-0.3, -0.25) is 9.59 Å². The molecule has 0 amide bonds. The Morgan fingerprint density at radius 2 is 1.14 bits per heavy atom. The van der Waals surface area contributed by atoms with Gasteiger partial charge in [0.25, 0.3) is 11.9 Å². The van der Waals surface area contributed by atoms with Gasteiger partial charge in [-0.05, 0) is 173 Å². The molecule has 4 fully saturated rings. The largest absolute Gasteiger partial charge is 0.507 e. The summed E-state index contributed by atoms with van der Waals surface area (Å²) in [5, 5.41) is 35.4. The van der Waals surface area contributed by atoms with Crippen LogP contribution in [-0.4, -0.2) is 81.4 Å². The standard InChI is InChI=1S/C17H21Br2NO.C17H22BrNO.2C2H4O2.2CH4/c1-20-7-6-17-5-3-2-4-11(17)13(20)9-10-8-12(18)16(21)15(19)14(10)17;1-19-9-8-17-7-3-2-4-12(17)13(19)10-11-5-6-14(20)16(18)15(11)17;2*1-2(3)4;;/h8,11,13,21H,2-7,9H2,1H3;5-6,12-13,20H,2-4,7-10H2,1H3;2*1H3,(H,3,4);2*1H4/t11-,13+,17+;12-,13+,17+;;;;/m11..../s1. The number of nitrogens with zero attached hydrogens (tertiary/aromatic N) is 2. The van der Waals surface area contributed by atoms with Crippen molar-refractivity contribution in [2.24, 2.45) is 11.8 Å². The molecule has 4 N–H and O–H groups in total. The van der Waals surface area contributed by atoms with Crippen LogP contribution >= 0.6 is 47.8 Å². The van der Waals surface area contributed by atoms with Crippen molar-refractivity contribution < 1.29 is 30.0 Å². The van der Waals surface area contributed by atoms with E-state index in [9.17, 15) is 10.2 Å². The monoisotopic (exact) mass is 900 g/mol. The zero-order valence-electron chi connectivity index (χ0n) is 29.1. The summed E-state index contributed by atoms with van der Waals surface area (Å²) in [5.41, 5.74) is 6.38. The molecule has 6 aliphatic rings. The van der Waals surface area contributed by atoms with Gasteiger partial charge < -0.3 is 30.2 Å². The summed E-state index contributed by atoms with van der Waals surface area (Å²) >= 11 is 10.9. The predicted octanol–water partition coefficient (Wildman–Crippen LogP) is 9.90. The molecule has 2 aromatic rings. The molecule has 8 rings (SSSR count). The highest BCUT2D eigenvalue weighted by Crippen LogP contribution is 2.60. The van der Waals surface area contributed by atoms with Gasteiger partial charge in [0.1, 0.15) is 11.5 Å². The summed E-state index contributed by atoms with van der Waals surface area (Å²) in [7, 11) is 4.59. The number of hydrogen-bond acceptors (Lipinski definition) is 6. The maximum Gasteiger partial charge on any atom is 0.300 e. The molecular weight excluding hydrogens is 844 g/mol. The van der Waals surface area contributed by atoms with Crippen molar-refractivity contribution in [1.29, 1.82) is 0 Å². The maximum atomic E-state index is 10.4. The Morgan fingerprint density at radius 1 is 0.706 bits per heavy atom. The average Bonchev–Trinajstić information content (AvgIpc) is 3.04. The second-order valence-electron chi connectivity index (χ2n) is 15.0. The van der Waals surface area contributed by atoms with Gasteiger partial charge in [0.05, 0.1) is 13.4 Å². The fourth-order valence-corrected chi connectivity index (χ4v) is 12.9. The number of carbonyl (C=O) groups is 2. The van der Waals surface area contributed by atoms with Crippen molar-refractivity contribution in [3.05, 3.63) is 53.9 Å². The topological polar surface area (TPSA) is 122 Å². The van der Waals surface area contributed by atoms with Gasteiger partial charge >= 0.3 is 0 Å². The van der Waals surface area contributed by atoms with Gasteiger partial charge in [0.15, 0.2) is 0 Å². The molecule has 8 nitrogen and oxygen atoms in total. The molecule has 286 valence electrons. The number of likely N-dealkylation sites (N-methyl/N-ethyl adjacent to an activating group) is 2. The number of carboxylic acid groups (broad SMARTS) is 2. The van der Waals surface area contributed by atoms with E-state index in [2.05, 4.69) is 83.8 Å². The van der Waals surface area contributed by atoms with Crippen molar-refractivity contribution >= 4 is 59.7 Å². The van der Waals surface area contributed by atoms with Gasteiger partial charge in [0.2, 0.25) is 0 Å². The number of likely N-dealkylation sites (tertiary alicyclic amines) is 2. The fraction of sp³-hybridized carbons (Fsp3) is 0.650. The predicted molar refractivity (Wildman–Crippen MR) is 216 cm³/mol. The summed E-state index contributed by atoms with van der Waals surface area (Å²) in [6.45, 7) is 4.55. The number of halogens is 3. The van der Waals surface area contributed by atoms with Gasteiger partial charge in [-0.25, -0.2) is 0 Å². The lowest BCUT2D eigenvalue weighted by atomic mass is 9.52.